The van der Waals surface area contributed by atoms with Crippen LogP contribution in [0.2, 0.25) is 0 Å². The number of fused-ring (bicyclic) bond motifs is 1. The second-order valence-corrected chi connectivity index (χ2v) is 7.83. The number of benzene rings is 2. The molecule has 2 aromatic carbocycles. The molecule has 0 radical (unpaired) electrons. The first kappa shape index (κ1) is 16.5. The number of rotatable bonds is 3. The van der Waals surface area contributed by atoms with E-state index in [-0.39, 0.29) is 10.5 Å². The minimum atomic E-state index is -3.85. The lowest BCUT2D eigenvalue weighted by atomic mass is 10.1. The van der Waals surface area contributed by atoms with E-state index in [1.807, 2.05) is 6.92 Å². The second kappa shape index (κ2) is 6.07. The van der Waals surface area contributed by atoms with Crippen LogP contribution < -0.4 is 0 Å². The van der Waals surface area contributed by atoms with Crippen LogP contribution in [0.1, 0.15) is 5.56 Å². The molecule has 4 aromatic rings. The molecule has 6 heteroatoms. The summed E-state index contributed by atoms with van der Waals surface area (Å²) >= 11 is 0. The molecule has 0 saturated heterocycles. The highest BCUT2D eigenvalue weighted by atomic mass is 32.2. The molecule has 26 heavy (non-hydrogen) atoms. The van der Waals surface area contributed by atoms with Gasteiger partial charge in [0.25, 0.3) is 10.0 Å². The molecule has 0 saturated carbocycles. The Labute approximate surface area is 150 Å². The van der Waals surface area contributed by atoms with Crippen molar-refractivity contribution < 1.29 is 12.8 Å². The molecule has 0 amide bonds. The van der Waals surface area contributed by atoms with E-state index in [4.69, 9.17) is 0 Å². The third-order valence-corrected chi connectivity index (χ3v) is 5.94. The molecule has 0 aliphatic heterocycles. The topological polar surface area (TPSA) is 52.0 Å². The Morgan fingerprint density at radius 3 is 2.38 bits per heavy atom. The highest BCUT2D eigenvalue weighted by Crippen LogP contribution is 2.33. The van der Waals surface area contributed by atoms with Crippen LogP contribution in [0.15, 0.2) is 78.0 Å². The van der Waals surface area contributed by atoms with Gasteiger partial charge in [0.05, 0.1) is 4.90 Å². The summed E-state index contributed by atoms with van der Waals surface area (Å²) in [6, 6.07) is 16.3. The SMILES string of the molecule is Cc1ccc(S(=O)(=O)n2cc(-c3ccccc3F)c3cccnc32)cc1. The van der Waals surface area contributed by atoms with Crippen molar-refractivity contribution in [2.24, 2.45) is 0 Å². The summed E-state index contributed by atoms with van der Waals surface area (Å²) in [4.78, 5) is 4.39. The third-order valence-electron chi connectivity index (χ3n) is 4.27. The summed E-state index contributed by atoms with van der Waals surface area (Å²) in [5.41, 5.74) is 2.06. The van der Waals surface area contributed by atoms with Gasteiger partial charge in [0.15, 0.2) is 5.65 Å². The van der Waals surface area contributed by atoms with Crippen molar-refractivity contribution in [2.75, 3.05) is 0 Å². The molecular weight excluding hydrogens is 351 g/mol. The molecule has 0 spiro atoms. The number of halogens is 1. The largest absolute Gasteiger partial charge is 0.269 e. The summed E-state index contributed by atoms with van der Waals surface area (Å²) in [6.45, 7) is 1.89. The van der Waals surface area contributed by atoms with Crippen molar-refractivity contribution >= 4 is 21.1 Å². The van der Waals surface area contributed by atoms with Crippen molar-refractivity contribution in [1.82, 2.24) is 8.96 Å². The van der Waals surface area contributed by atoms with Crippen LogP contribution in [-0.2, 0) is 10.0 Å². The predicted octanol–water partition coefficient (Wildman–Crippen LogP) is 4.39. The lowest BCUT2D eigenvalue weighted by molar-refractivity contribution is 0.588. The summed E-state index contributed by atoms with van der Waals surface area (Å²) in [5.74, 6) is -0.414. The van der Waals surface area contributed by atoms with Gasteiger partial charge in [-0.25, -0.2) is 21.8 Å². The first-order chi connectivity index (χ1) is 12.5. The zero-order valence-electron chi connectivity index (χ0n) is 13.9. The van der Waals surface area contributed by atoms with E-state index in [1.165, 1.54) is 18.5 Å². The number of pyridine rings is 1. The monoisotopic (exact) mass is 366 g/mol. The Hall–Kier alpha value is -2.99. The Balaban J connectivity index is 2.00. The minimum absolute atomic E-state index is 0.158. The van der Waals surface area contributed by atoms with Crippen molar-refractivity contribution in [3.63, 3.8) is 0 Å². The molecule has 0 fully saturated rings. The summed E-state index contributed by atoms with van der Waals surface area (Å²) in [7, 11) is -3.85. The Bertz CT molecular complexity index is 1210. The maximum absolute atomic E-state index is 14.3. The Morgan fingerprint density at radius 2 is 1.65 bits per heavy atom. The highest BCUT2D eigenvalue weighted by molar-refractivity contribution is 7.90. The van der Waals surface area contributed by atoms with Crippen LogP contribution in [0.25, 0.3) is 22.2 Å². The Morgan fingerprint density at radius 1 is 0.923 bits per heavy atom. The zero-order chi connectivity index (χ0) is 18.3. The average Bonchev–Trinajstić information content (AvgIpc) is 3.03. The van der Waals surface area contributed by atoms with E-state index < -0.39 is 15.8 Å². The molecule has 4 nitrogen and oxygen atoms in total. The van der Waals surface area contributed by atoms with Gasteiger partial charge in [-0.2, -0.15) is 0 Å². The summed E-state index contributed by atoms with van der Waals surface area (Å²) < 4.78 is 41.7. The molecular formula is C20H15FN2O2S. The molecule has 0 bridgehead atoms. The molecule has 0 aliphatic rings. The molecule has 130 valence electrons. The summed E-state index contributed by atoms with van der Waals surface area (Å²) in [6.07, 6.45) is 2.96. The van der Waals surface area contributed by atoms with Gasteiger partial charge in [-0.05, 0) is 37.3 Å². The molecule has 0 atom stereocenters. The molecule has 2 heterocycles. The van der Waals surface area contributed by atoms with Crippen molar-refractivity contribution in [1.29, 1.82) is 0 Å². The van der Waals surface area contributed by atoms with Gasteiger partial charge in [0, 0.05) is 28.9 Å². The van der Waals surface area contributed by atoms with Crippen LogP contribution in [-0.4, -0.2) is 17.4 Å². The quantitative estimate of drug-likeness (QED) is 0.540. The lowest BCUT2D eigenvalue weighted by Gasteiger charge is -2.07. The zero-order valence-corrected chi connectivity index (χ0v) is 14.7. The maximum Gasteiger partial charge on any atom is 0.269 e. The first-order valence-electron chi connectivity index (χ1n) is 8.02. The van der Waals surface area contributed by atoms with E-state index in [0.717, 1.165) is 9.54 Å². The molecule has 0 N–H and O–H groups in total. The van der Waals surface area contributed by atoms with Crippen LogP contribution >= 0.6 is 0 Å². The Kier molecular flexibility index (Phi) is 3.85. The van der Waals surface area contributed by atoms with Gasteiger partial charge >= 0.3 is 0 Å². The van der Waals surface area contributed by atoms with Crippen molar-refractivity contribution in [3.05, 3.63) is 84.4 Å². The number of aromatic nitrogens is 2. The molecule has 4 rings (SSSR count). The fourth-order valence-electron chi connectivity index (χ4n) is 2.93. The highest BCUT2D eigenvalue weighted by Gasteiger charge is 2.23. The van der Waals surface area contributed by atoms with Crippen LogP contribution in [0.5, 0.6) is 0 Å². The standard InChI is InChI=1S/C20H15FN2O2S/c1-14-8-10-15(11-9-14)26(24,25)23-13-18(16-5-2-3-7-19(16)21)17-6-4-12-22-20(17)23/h2-13H,1H3. The first-order valence-corrected chi connectivity index (χ1v) is 9.46. The fourth-order valence-corrected chi connectivity index (χ4v) is 4.26. The van der Waals surface area contributed by atoms with Crippen LogP contribution in [0, 0.1) is 12.7 Å². The molecule has 0 aliphatic carbocycles. The van der Waals surface area contributed by atoms with Gasteiger partial charge in [-0.15, -0.1) is 0 Å². The number of aryl methyl sites for hydroxylation is 1. The van der Waals surface area contributed by atoms with Gasteiger partial charge in [0.2, 0.25) is 0 Å². The van der Waals surface area contributed by atoms with Crippen molar-refractivity contribution in [2.45, 2.75) is 11.8 Å². The van der Waals surface area contributed by atoms with Gasteiger partial charge in [0.1, 0.15) is 5.82 Å². The predicted molar refractivity (Wildman–Crippen MR) is 98.9 cm³/mol. The smallest absolute Gasteiger partial charge is 0.237 e. The van der Waals surface area contributed by atoms with Crippen LogP contribution in [0.4, 0.5) is 4.39 Å². The van der Waals surface area contributed by atoms with E-state index in [0.29, 0.717) is 16.5 Å². The number of hydrogen-bond acceptors (Lipinski definition) is 3. The fraction of sp³-hybridized carbons (Fsp3) is 0.0500. The number of nitrogens with zero attached hydrogens (tertiary/aromatic N) is 2. The second-order valence-electron chi connectivity index (χ2n) is 6.01. The number of hydrogen-bond donors (Lipinski definition) is 0. The average molecular weight is 366 g/mol. The third kappa shape index (κ3) is 2.59. The lowest BCUT2D eigenvalue weighted by Crippen LogP contribution is -2.12. The normalized spacial score (nSPS) is 11.8. The van der Waals surface area contributed by atoms with Gasteiger partial charge < -0.3 is 0 Å². The minimum Gasteiger partial charge on any atom is -0.237 e. The van der Waals surface area contributed by atoms with Crippen molar-refractivity contribution in [3.8, 4) is 11.1 Å². The summed E-state index contributed by atoms with van der Waals surface area (Å²) in [5, 5.41) is 0.577. The van der Waals surface area contributed by atoms with E-state index in [2.05, 4.69) is 4.98 Å². The van der Waals surface area contributed by atoms with Gasteiger partial charge in [-0.1, -0.05) is 35.9 Å². The van der Waals surface area contributed by atoms with E-state index >= 15 is 0 Å². The molecule has 0 unspecified atom stereocenters. The maximum atomic E-state index is 14.3. The molecule has 2 aromatic heterocycles. The van der Waals surface area contributed by atoms with E-state index in [9.17, 15) is 12.8 Å². The van der Waals surface area contributed by atoms with Crippen LogP contribution in [0.3, 0.4) is 0 Å². The van der Waals surface area contributed by atoms with E-state index in [1.54, 1.807) is 54.6 Å². The van der Waals surface area contributed by atoms with Gasteiger partial charge in [-0.3, -0.25) is 0 Å².